The minimum atomic E-state index is -0.954. The SMILES string of the molecule is CC1(C)CC(N=C=O)CC(C)(CNC(=O)OCCN2c3ccc4ccccc4c3C(C)(C)C23C=Nc2c(ccc4ccccc24)O3)C1. The summed E-state index contributed by atoms with van der Waals surface area (Å²) in [4.78, 5) is 35.4. The molecule has 1 N–H and O–H groups in total. The fourth-order valence-corrected chi connectivity index (χ4v) is 8.78. The second-order valence-electron chi connectivity index (χ2n) is 15.1. The van der Waals surface area contributed by atoms with Gasteiger partial charge in [0.15, 0.2) is 0 Å². The lowest BCUT2D eigenvalue weighted by Gasteiger charge is -2.46. The van der Waals surface area contributed by atoms with Crippen molar-refractivity contribution in [2.75, 3.05) is 24.6 Å². The first-order valence-electron chi connectivity index (χ1n) is 16.5. The summed E-state index contributed by atoms with van der Waals surface area (Å²) >= 11 is 0. The van der Waals surface area contributed by atoms with Gasteiger partial charge >= 0.3 is 6.09 Å². The van der Waals surface area contributed by atoms with Crippen LogP contribution in [0.3, 0.4) is 0 Å². The van der Waals surface area contributed by atoms with Crippen molar-refractivity contribution in [1.82, 2.24) is 5.32 Å². The second kappa shape index (κ2) is 11.2. The zero-order valence-corrected chi connectivity index (χ0v) is 27.8. The maximum Gasteiger partial charge on any atom is 0.407 e. The van der Waals surface area contributed by atoms with Gasteiger partial charge < -0.3 is 19.7 Å². The molecule has 4 aromatic rings. The van der Waals surface area contributed by atoms with E-state index < -0.39 is 17.2 Å². The first-order chi connectivity index (χ1) is 22.5. The van der Waals surface area contributed by atoms with E-state index in [0.717, 1.165) is 57.9 Å². The molecule has 2 aliphatic heterocycles. The molecule has 1 fully saturated rings. The number of amides is 1. The molecule has 0 saturated heterocycles. The van der Waals surface area contributed by atoms with E-state index in [2.05, 4.69) is 104 Å². The first-order valence-corrected chi connectivity index (χ1v) is 16.5. The van der Waals surface area contributed by atoms with Crippen molar-refractivity contribution >= 4 is 51.3 Å². The summed E-state index contributed by atoms with van der Waals surface area (Å²) in [6.07, 6.45) is 5.67. The van der Waals surface area contributed by atoms with E-state index in [-0.39, 0.29) is 23.5 Å². The molecular weight excluding hydrogens is 588 g/mol. The lowest BCUT2D eigenvalue weighted by atomic mass is 9.63. The maximum atomic E-state index is 13.1. The zero-order valence-electron chi connectivity index (χ0n) is 27.8. The summed E-state index contributed by atoms with van der Waals surface area (Å²) in [6.45, 7) is 11.9. The van der Waals surface area contributed by atoms with Gasteiger partial charge in [-0.2, -0.15) is 0 Å². The van der Waals surface area contributed by atoms with Crippen LogP contribution in [-0.4, -0.2) is 49.9 Å². The molecule has 7 rings (SSSR count). The smallest absolute Gasteiger partial charge is 0.407 e. The van der Waals surface area contributed by atoms with Crippen molar-refractivity contribution in [1.29, 1.82) is 0 Å². The Labute approximate surface area is 275 Å². The normalized spacial score (nSPS) is 25.1. The number of fused-ring (bicyclic) bond motifs is 6. The van der Waals surface area contributed by atoms with E-state index in [0.29, 0.717) is 13.1 Å². The molecule has 3 aliphatic rings. The number of benzene rings is 4. The third-order valence-corrected chi connectivity index (χ3v) is 10.5. The molecule has 0 aromatic heterocycles. The molecule has 3 unspecified atom stereocenters. The number of rotatable bonds is 6. The van der Waals surface area contributed by atoms with Crippen LogP contribution >= 0.6 is 0 Å². The van der Waals surface area contributed by atoms with Gasteiger partial charge in [-0.05, 0) is 77.8 Å². The third kappa shape index (κ3) is 5.25. The van der Waals surface area contributed by atoms with Gasteiger partial charge in [0.25, 0.3) is 0 Å². The van der Waals surface area contributed by atoms with Gasteiger partial charge in [-0.1, -0.05) is 81.4 Å². The average Bonchev–Trinajstić information content (AvgIpc) is 3.21. The Morgan fingerprint density at radius 2 is 1.68 bits per heavy atom. The van der Waals surface area contributed by atoms with Crippen LogP contribution in [0.5, 0.6) is 5.75 Å². The topological polar surface area (TPSA) is 92.6 Å². The van der Waals surface area contributed by atoms with Crippen molar-refractivity contribution in [3.05, 3.63) is 78.4 Å². The molecule has 1 spiro atoms. The standard InChI is InChI=1S/C39H42N4O4/c1-36(2)20-28(42-25-44)21-38(5,22-36)23-41-35(45)46-19-18-43-31-16-14-26-10-6-8-12-29(26)33(31)37(3,4)39(43)24-40-34-30-13-9-7-11-27(30)15-17-32(34)47-39/h6-17,24,28H,18-23H2,1-5H3,(H,41,45). The van der Waals surface area contributed by atoms with Crippen LogP contribution in [0.15, 0.2) is 82.8 Å². The number of aliphatic imine (C=N–C) groups is 2. The molecule has 2 heterocycles. The average molecular weight is 631 g/mol. The van der Waals surface area contributed by atoms with Crippen LogP contribution in [0.1, 0.15) is 59.4 Å². The van der Waals surface area contributed by atoms with E-state index in [1.54, 1.807) is 6.08 Å². The Bertz CT molecular complexity index is 1960. The number of carbonyl (C=O) groups is 1. The van der Waals surface area contributed by atoms with Crippen LogP contribution in [0, 0.1) is 10.8 Å². The molecule has 4 aromatic carbocycles. The minimum absolute atomic E-state index is 0.00446. The van der Waals surface area contributed by atoms with Crippen LogP contribution in [0.4, 0.5) is 16.2 Å². The fraction of sp³-hybridized carbons (Fsp3) is 0.410. The Kier molecular flexibility index (Phi) is 7.40. The third-order valence-electron chi connectivity index (χ3n) is 10.5. The quantitative estimate of drug-likeness (QED) is 0.171. The van der Waals surface area contributed by atoms with E-state index in [1.807, 2.05) is 24.4 Å². The summed E-state index contributed by atoms with van der Waals surface area (Å²) in [5.41, 5.74) is 1.36. The van der Waals surface area contributed by atoms with Crippen LogP contribution in [-0.2, 0) is 14.9 Å². The molecule has 47 heavy (non-hydrogen) atoms. The summed E-state index contributed by atoms with van der Waals surface area (Å²) in [6, 6.07) is 24.9. The highest BCUT2D eigenvalue weighted by molar-refractivity contribution is 6.02. The molecule has 3 atom stereocenters. The Hall–Kier alpha value is -4.68. The van der Waals surface area contributed by atoms with Gasteiger partial charge in [-0.15, -0.1) is 0 Å². The van der Waals surface area contributed by atoms with E-state index in [9.17, 15) is 9.59 Å². The van der Waals surface area contributed by atoms with Gasteiger partial charge in [0, 0.05) is 17.6 Å². The first kappa shape index (κ1) is 30.9. The number of hydrogen-bond acceptors (Lipinski definition) is 7. The molecule has 8 heteroatoms. The van der Waals surface area contributed by atoms with Crippen LogP contribution in [0.2, 0.25) is 0 Å². The minimum Gasteiger partial charge on any atom is -0.459 e. The number of alkyl carbamates (subject to hydrolysis) is 1. The van der Waals surface area contributed by atoms with Crippen molar-refractivity contribution in [3.63, 3.8) is 0 Å². The molecule has 0 bridgehead atoms. The van der Waals surface area contributed by atoms with E-state index in [4.69, 9.17) is 14.5 Å². The molecule has 1 aliphatic carbocycles. The maximum absolute atomic E-state index is 13.1. The van der Waals surface area contributed by atoms with Gasteiger partial charge in [-0.3, -0.25) is 4.99 Å². The van der Waals surface area contributed by atoms with Gasteiger partial charge in [0.1, 0.15) is 18.0 Å². The van der Waals surface area contributed by atoms with Crippen LogP contribution < -0.4 is 15.0 Å². The van der Waals surface area contributed by atoms with E-state index in [1.165, 1.54) is 5.56 Å². The predicted molar refractivity (Wildman–Crippen MR) is 187 cm³/mol. The molecule has 242 valence electrons. The molecule has 8 nitrogen and oxygen atoms in total. The summed E-state index contributed by atoms with van der Waals surface area (Å²) in [5.74, 6) is 0.723. The summed E-state index contributed by atoms with van der Waals surface area (Å²) < 4.78 is 12.9. The summed E-state index contributed by atoms with van der Waals surface area (Å²) in [7, 11) is 0. The highest BCUT2D eigenvalue weighted by atomic mass is 16.6. The number of nitrogens with one attached hydrogen (secondary N) is 1. The second-order valence-corrected chi connectivity index (χ2v) is 15.1. The number of isocyanates is 1. The number of carbonyl (C=O) groups excluding carboxylic acids is 2. The number of anilines is 1. The number of ether oxygens (including phenoxy) is 2. The lowest BCUT2D eigenvalue weighted by Crippen LogP contribution is -2.62. The Balaban J connectivity index is 1.15. The van der Waals surface area contributed by atoms with Crippen molar-refractivity contribution in [3.8, 4) is 5.75 Å². The molecule has 1 amide bonds. The van der Waals surface area contributed by atoms with Crippen molar-refractivity contribution in [2.45, 2.75) is 71.1 Å². The van der Waals surface area contributed by atoms with Gasteiger partial charge in [-0.25, -0.2) is 14.6 Å². The monoisotopic (exact) mass is 630 g/mol. The predicted octanol–water partition coefficient (Wildman–Crippen LogP) is 8.23. The zero-order chi connectivity index (χ0) is 33.0. The number of nitrogens with zero attached hydrogens (tertiary/aromatic N) is 3. The lowest BCUT2D eigenvalue weighted by molar-refractivity contribution is 0.0688. The Morgan fingerprint density at radius 1 is 0.979 bits per heavy atom. The van der Waals surface area contributed by atoms with Gasteiger partial charge in [0.05, 0.1) is 24.2 Å². The van der Waals surface area contributed by atoms with Crippen LogP contribution in [0.25, 0.3) is 21.5 Å². The van der Waals surface area contributed by atoms with E-state index >= 15 is 0 Å². The highest BCUT2D eigenvalue weighted by Gasteiger charge is 2.60. The van der Waals surface area contributed by atoms with Crippen molar-refractivity contribution in [2.24, 2.45) is 20.8 Å². The molecular formula is C39H42N4O4. The number of hydrogen-bond donors (Lipinski definition) is 1. The van der Waals surface area contributed by atoms with Crippen molar-refractivity contribution < 1.29 is 19.1 Å². The largest absolute Gasteiger partial charge is 0.459 e. The molecule has 1 saturated carbocycles. The Morgan fingerprint density at radius 3 is 2.45 bits per heavy atom. The van der Waals surface area contributed by atoms with Gasteiger partial charge in [0.2, 0.25) is 11.8 Å². The summed E-state index contributed by atoms with van der Waals surface area (Å²) in [5, 5.41) is 7.48. The fourth-order valence-electron chi connectivity index (χ4n) is 8.78. The molecule has 0 radical (unpaired) electrons. The highest BCUT2D eigenvalue weighted by Crippen LogP contribution is 2.56.